The van der Waals surface area contributed by atoms with Crippen LogP contribution in [0.25, 0.3) is 5.76 Å². The first-order chi connectivity index (χ1) is 17.8. The molecule has 190 valence electrons. The quantitative estimate of drug-likeness (QED) is 0.239. The van der Waals surface area contributed by atoms with E-state index in [2.05, 4.69) is 5.32 Å². The largest absolute Gasteiger partial charge is 0.507 e. The number of nitrogens with zero attached hydrogens (tertiary/aromatic N) is 1. The fraction of sp³-hybridized carbons (Fsp3) is 0.233. The number of ether oxygens (including phenoxy) is 1. The Kier molecular flexibility index (Phi) is 7.72. The third kappa shape index (κ3) is 5.40. The number of Topliss-reactive ketones (excluding diaryl/α,β-unsaturated/α-hetero) is 1. The molecule has 1 fully saturated rings. The molecule has 7 nitrogen and oxygen atoms in total. The van der Waals surface area contributed by atoms with Crippen molar-refractivity contribution in [3.8, 4) is 5.75 Å². The highest BCUT2D eigenvalue weighted by Crippen LogP contribution is 2.42. The van der Waals surface area contributed by atoms with Crippen LogP contribution < -0.4 is 15.0 Å². The minimum atomic E-state index is -0.852. The summed E-state index contributed by atoms with van der Waals surface area (Å²) in [5.74, 6) is -1.39. The van der Waals surface area contributed by atoms with Gasteiger partial charge < -0.3 is 15.2 Å². The molecule has 0 saturated carbocycles. The number of hydrogen-bond donors (Lipinski definition) is 2. The lowest BCUT2D eigenvalue weighted by atomic mass is 9.94. The van der Waals surface area contributed by atoms with E-state index in [1.165, 1.54) is 11.8 Å². The molecule has 1 unspecified atom stereocenters. The summed E-state index contributed by atoms with van der Waals surface area (Å²) in [7, 11) is 0. The lowest BCUT2D eigenvalue weighted by Crippen LogP contribution is -2.29. The molecule has 1 saturated heterocycles. The summed E-state index contributed by atoms with van der Waals surface area (Å²) in [4.78, 5) is 39.7. The summed E-state index contributed by atoms with van der Waals surface area (Å²) in [5, 5.41) is 14.0. The molecule has 2 amide bonds. The van der Waals surface area contributed by atoms with Crippen LogP contribution in [0.3, 0.4) is 0 Å². The number of anilines is 2. The zero-order valence-corrected chi connectivity index (χ0v) is 21.2. The smallest absolute Gasteiger partial charge is 0.300 e. The molecule has 7 heteroatoms. The second-order valence-electron chi connectivity index (χ2n) is 8.87. The molecule has 1 aliphatic rings. The summed E-state index contributed by atoms with van der Waals surface area (Å²) in [6.45, 7) is 6.02. The van der Waals surface area contributed by atoms with Crippen molar-refractivity contribution in [3.63, 3.8) is 0 Å². The number of hydrogen-bond acceptors (Lipinski definition) is 5. The molecule has 1 aliphatic heterocycles. The standard InChI is InChI=1S/C30H30N2O5/c1-4-17-37-25-15-13-22(14-16-25)28(34)26-27(21-11-9-20(5-2)10-12-21)32(30(36)29(26)35)24-8-6-7-23(18-24)31-19(3)33/h6-16,18,27,34H,4-5,17H2,1-3H3,(H,31,33)/b28-26+. The Labute approximate surface area is 216 Å². The number of aryl methyl sites for hydroxylation is 1. The Morgan fingerprint density at radius 1 is 1.00 bits per heavy atom. The summed E-state index contributed by atoms with van der Waals surface area (Å²) < 4.78 is 5.62. The van der Waals surface area contributed by atoms with Crippen molar-refractivity contribution < 1.29 is 24.2 Å². The SMILES string of the molecule is CCCOc1ccc(/C(O)=C2\C(=O)C(=O)N(c3cccc(NC(C)=O)c3)C2c2ccc(CC)cc2)cc1. The van der Waals surface area contributed by atoms with E-state index in [0.717, 1.165) is 18.4 Å². The highest BCUT2D eigenvalue weighted by atomic mass is 16.5. The van der Waals surface area contributed by atoms with E-state index < -0.39 is 17.7 Å². The predicted molar refractivity (Wildman–Crippen MR) is 144 cm³/mol. The van der Waals surface area contributed by atoms with Gasteiger partial charge in [-0.05, 0) is 66.4 Å². The second-order valence-corrected chi connectivity index (χ2v) is 8.87. The van der Waals surface area contributed by atoms with Crippen LogP contribution in [-0.4, -0.2) is 29.3 Å². The Balaban J connectivity index is 1.84. The van der Waals surface area contributed by atoms with Gasteiger partial charge in [-0.2, -0.15) is 0 Å². The van der Waals surface area contributed by atoms with Crippen LogP contribution in [0.5, 0.6) is 5.75 Å². The van der Waals surface area contributed by atoms with Crippen LogP contribution in [0.2, 0.25) is 0 Å². The normalized spacial score (nSPS) is 16.6. The molecule has 1 heterocycles. The molecule has 4 rings (SSSR count). The zero-order chi connectivity index (χ0) is 26.5. The Hall–Kier alpha value is -4.39. The van der Waals surface area contributed by atoms with Crippen LogP contribution in [-0.2, 0) is 20.8 Å². The highest BCUT2D eigenvalue weighted by molar-refractivity contribution is 6.51. The summed E-state index contributed by atoms with van der Waals surface area (Å²) >= 11 is 0. The molecule has 0 aliphatic carbocycles. The van der Waals surface area contributed by atoms with Gasteiger partial charge in [-0.25, -0.2) is 0 Å². The van der Waals surface area contributed by atoms with Crippen LogP contribution in [0.1, 0.15) is 49.9 Å². The number of carbonyl (C=O) groups is 3. The lowest BCUT2D eigenvalue weighted by molar-refractivity contribution is -0.132. The molecule has 0 aromatic heterocycles. The zero-order valence-electron chi connectivity index (χ0n) is 21.2. The number of ketones is 1. The van der Waals surface area contributed by atoms with Gasteiger partial charge in [0.2, 0.25) is 5.91 Å². The van der Waals surface area contributed by atoms with Crippen LogP contribution >= 0.6 is 0 Å². The van der Waals surface area contributed by atoms with Gasteiger partial charge in [0.25, 0.3) is 11.7 Å². The molecule has 0 bridgehead atoms. The molecule has 2 N–H and O–H groups in total. The van der Waals surface area contributed by atoms with Gasteiger partial charge in [0, 0.05) is 23.9 Å². The van der Waals surface area contributed by atoms with Gasteiger partial charge in [0.05, 0.1) is 18.2 Å². The van der Waals surface area contributed by atoms with Crippen LogP contribution in [0.15, 0.2) is 78.4 Å². The first-order valence-electron chi connectivity index (χ1n) is 12.3. The average molecular weight is 499 g/mol. The Morgan fingerprint density at radius 3 is 2.32 bits per heavy atom. The average Bonchev–Trinajstić information content (AvgIpc) is 3.17. The third-order valence-corrected chi connectivity index (χ3v) is 6.19. The van der Waals surface area contributed by atoms with Gasteiger partial charge in [-0.3, -0.25) is 19.3 Å². The fourth-order valence-electron chi connectivity index (χ4n) is 4.37. The monoisotopic (exact) mass is 498 g/mol. The molecule has 3 aromatic rings. The van der Waals surface area contributed by atoms with Gasteiger partial charge >= 0.3 is 0 Å². The summed E-state index contributed by atoms with van der Waals surface area (Å²) in [6, 6.07) is 20.3. The van der Waals surface area contributed by atoms with Gasteiger partial charge in [-0.15, -0.1) is 0 Å². The molecule has 3 aromatic carbocycles. The number of amides is 2. The maximum Gasteiger partial charge on any atom is 0.300 e. The van der Waals surface area contributed by atoms with Crippen molar-refractivity contribution >= 4 is 34.7 Å². The number of carbonyl (C=O) groups excluding carboxylic acids is 3. The van der Waals surface area contributed by atoms with E-state index in [-0.39, 0.29) is 17.2 Å². The van der Waals surface area contributed by atoms with Gasteiger partial charge in [-0.1, -0.05) is 44.2 Å². The van der Waals surface area contributed by atoms with E-state index >= 15 is 0 Å². The van der Waals surface area contributed by atoms with Crippen molar-refractivity contribution in [1.29, 1.82) is 0 Å². The molecule has 37 heavy (non-hydrogen) atoms. The van der Waals surface area contributed by atoms with Gasteiger partial charge in [0.1, 0.15) is 11.5 Å². The third-order valence-electron chi connectivity index (χ3n) is 6.19. The first kappa shape index (κ1) is 25.7. The molecule has 0 spiro atoms. The number of nitrogens with one attached hydrogen (secondary N) is 1. The van der Waals surface area contributed by atoms with Gasteiger partial charge in [0.15, 0.2) is 0 Å². The van der Waals surface area contributed by atoms with E-state index in [1.54, 1.807) is 48.5 Å². The highest BCUT2D eigenvalue weighted by Gasteiger charge is 2.47. The Bertz CT molecular complexity index is 1340. The van der Waals surface area contributed by atoms with Crippen molar-refractivity contribution in [2.45, 2.75) is 39.7 Å². The topological polar surface area (TPSA) is 95.9 Å². The number of aliphatic hydroxyl groups is 1. The maximum atomic E-state index is 13.4. The summed E-state index contributed by atoms with van der Waals surface area (Å²) in [5.41, 5.74) is 3.13. The van der Waals surface area contributed by atoms with E-state index in [1.807, 2.05) is 38.1 Å². The molecule has 1 atom stereocenters. The fourth-order valence-corrected chi connectivity index (χ4v) is 4.37. The van der Waals surface area contributed by atoms with E-state index in [0.29, 0.717) is 34.9 Å². The maximum absolute atomic E-state index is 13.4. The van der Waals surface area contributed by atoms with Crippen molar-refractivity contribution in [2.24, 2.45) is 0 Å². The van der Waals surface area contributed by atoms with Crippen molar-refractivity contribution in [1.82, 2.24) is 0 Å². The lowest BCUT2D eigenvalue weighted by Gasteiger charge is -2.26. The minimum absolute atomic E-state index is 0.00130. The number of aliphatic hydroxyl groups excluding tert-OH is 1. The predicted octanol–water partition coefficient (Wildman–Crippen LogP) is 5.62. The molecular weight excluding hydrogens is 468 g/mol. The summed E-state index contributed by atoms with van der Waals surface area (Å²) in [6.07, 6.45) is 1.71. The first-order valence-corrected chi connectivity index (χ1v) is 12.3. The van der Waals surface area contributed by atoms with Crippen molar-refractivity contribution in [2.75, 3.05) is 16.8 Å². The Morgan fingerprint density at radius 2 is 1.70 bits per heavy atom. The van der Waals surface area contributed by atoms with E-state index in [4.69, 9.17) is 4.74 Å². The van der Waals surface area contributed by atoms with E-state index in [9.17, 15) is 19.5 Å². The van der Waals surface area contributed by atoms with Crippen LogP contribution in [0.4, 0.5) is 11.4 Å². The van der Waals surface area contributed by atoms with Crippen molar-refractivity contribution in [3.05, 3.63) is 95.1 Å². The molecule has 0 radical (unpaired) electrons. The number of rotatable bonds is 8. The molecular formula is C30H30N2O5. The second kappa shape index (κ2) is 11.1. The number of benzene rings is 3. The van der Waals surface area contributed by atoms with Crippen LogP contribution in [0, 0.1) is 0 Å². The minimum Gasteiger partial charge on any atom is -0.507 e.